The van der Waals surface area contributed by atoms with Crippen molar-refractivity contribution in [1.82, 2.24) is 12.3 Å². The van der Waals surface area contributed by atoms with Crippen molar-refractivity contribution in [3.05, 3.63) is 0 Å². The second kappa shape index (κ2) is 15.7. The lowest BCUT2D eigenvalue weighted by Crippen LogP contribution is -2.11. The maximum absolute atomic E-state index is 9.95. The van der Waals surface area contributed by atoms with E-state index in [1.165, 1.54) is 25.7 Å². The standard InChI is InChI=1S/C8H17O3P.2H3N/c1-2-3-4-5-6-7-8-11-12(9)10;;/h2-8H2,1H3;2*1H3/q-2;;/p+2. The average molecular weight is 228 g/mol. The minimum atomic E-state index is -2.63. The van der Waals surface area contributed by atoms with Gasteiger partial charge in [-0.15, -0.1) is 0 Å². The molecule has 8 N–H and O–H groups in total. The molecule has 0 radical (unpaired) electrons. The summed E-state index contributed by atoms with van der Waals surface area (Å²) < 4.78 is 4.40. The molecular weight excluding hydrogens is 203 g/mol. The number of rotatable bonds is 8. The Balaban J connectivity index is -0.000000605. The average Bonchev–Trinajstić information content (AvgIpc) is 2.02. The molecule has 6 heteroatoms. The van der Waals surface area contributed by atoms with Crippen LogP contribution in [0.4, 0.5) is 0 Å². The summed E-state index contributed by atoms with van der Waals surface area (Å²) in [4.78, 5) is 19.9. The summed E-state index contributed by atoms with van der Waals surface area (Å²) in [6.07, 6.45) is 6.88. The van der Waals surface area contributed by atoms with Gasteiger partial charge in [-0.1, -0.05) is 39.0 Å². The molecule has 0 saturated heterocycles. The van der Waals surface area contributed by atoms with Gasteiger partial charge in [-0.3, -0.25) is 0 Å². The Morgan fingerprint density at radius 1 is 0.929 bits per heavy atom. The van der Waals surface area contributed by atoms with Gasteiger partial charge in [0.25, 0.3) is 0 Å². The van der Waals surface area contributed by atoms with E-state index in [9.17, 15) is 9.79 Å². The Morgan fingerprint density at radius 2 is 1.43 bits per heavy atom. The molecule has 90 valence electrons. The van der Waals surface area contributed by atoms with Crippen LogP contribution >= 0.6 is 8.60 Å². The second-order valence-electron chi connectivity index (χ2n) is 2.82. The summed E-state index contributed by atoms with van der Waals surface area (Å²) in [5, 5.41) is 0. The van der Waals surface area contributed by atoms with Crippen LogP contribution in [0.15, 0.2) is 0 Å². The molecule has 0 bridgehead atoms. The van der Waals surface area contributed by atoms with Crippen LogP contribution < -0.4 is 22.1 Å². The topological polar surface area (TPSA) is 128 Å². The van der Waals surface area contributed by atoms with Gasteiger partial charge in [0, 0.05) is 6.61 Å². The third kappa shape index (κ3) is 18.1. The molecule has 0 fully saturated rings. The Bertz CT molecular complexity index is 96.7. The lowest BCUT2D eigenvalue weighted by Gasteiger charge is -2.28. The fourth-order valence-electron chi connectivity index (χ4n) is 1.02. The fourth-order valence-corrected chi connectivity index (χ4v) is 1.30. The van der Waals surface area contributed by atoms with Crippen molar-refractivity contribution in [1.29, 1.82) is 0 Å². The Hall–Kier alpha value is 0.230. The van der Waals surface area contributed by atoms with Gasteiger partial charge in [-0.05, 0) is 6.42 Å². The van der Waals surface area contributed by atoms with E-state index in [2.05, 4.69) is 11.4 Å². The van der Waals surface area contributed by atoms with Gasteiger partial charge in [0.2, 0.25) is 0 Å². The van der Waals surface area contributed by atoms with Crippen molar-refractivity contribution in [3.63, 3.8) is 0 Å². The highest BCUT2D eigenvalue weighted by atomic mass is 31.2. The van der Waals surface area contributed by atoms with E-state index >= 15 is 0 Å². The maximum atomic E-state index is 9.95. The van der Waals surface area contributed by atoms with Gasteiger partial charge < -0.3 is 26.6 Å². The second-order valence-corrected chi connectivity index (χ2v) is 3.53. The number of hydrogen-bond donors (Lipinski definition) is 2. The summed E-state index contributed by atoms with van der Waals surface area (Å²) in [7, 11) is -2.63. The first-order valence-corrected chi connectivity index (χ1v) is 5.64. The van der Waals surface area contributed by atoms with Crippen LogP contribution in [-0.2, 0) is 4.52 Å². The molecule has 5 nitrogen and oxygen atoms in total. The summed E-state index contributed by atoms with van der Waals surface area (Å²) in [6.45, 7) is 2.52. The highest BCUT2D eigenvalue weighted by molar-refractivity contribution is 7.36. The maximum Gasteiger partial charge on any atom is 0.0476 e. The molecule has 0 rings (SSSR count). The number of unbranched alkanes of at least 4 members (excludes halogenated alkanes) is 5. The van der Waals surface area contributed by atoms with Gasteiger partial charge in [0.15, 0.2) is 0 Å². The van der Waals surface area contributed by atoms with Crippen LogP contribution in [-0.4, -0.2) is 6.61 Å². The predicted molar refractivity (Wildman–Crippen MR) is 58.2 cm³/mol. The zero-order chi connectivity index (χ0) is 9.23. The normalized spacial score (nSPS) is 9.43. The first kappa shape index (κ1) is 19.7. The van der Waals surface area contributed by atoms with Crippen molar-refractivity contribution in [2.45, 2.75) is 45.4 Å². The van der Waals surface area contributed by atoms with E-state index in [1.54, 1.807) is 0 Å². The van der Waals surface area contributed by atoms with Crippen molar-refractivity contribution in [2.24, 2.45) is 0 Å². The quantitative estimate of drug-likeness (QED) is 0.487. The predicted octanol–water partition coefficient (Wildman–Crippen LogP) is 2.06. The summed E-state index contributed by atoms with van der Waals surface area (Å²) in [5.74, 6) is 0. The minimum Gasteiger partial charge on any atom is -0.820 e. The van der Waals surface area contributed by atoms with E-state index in [0.29, 0.717) is 6.61 Å². The molecule has 0 atom stereocenters. The molecule has 0 aliphatic carbocycles. The zero-order valence-corrected chi connectivity index (χ0v) is 10.5. The number of hydrogen-bond acceptors (Lipinski definition) is 3. The fraction of sp³-hybridized carbons (Fsp3) is 1.00. The zero-order valence-electron chi connectivity index (χ0n) is 9.62. The Kier molecular flexibility index (Phi) is 22.1. The third-order valence-electron chi connectivity index (χ3n) is 1.69. The van der Waals surface area contributed by atoms with E-state index < -0.39 is 8.60 Å². The smallest absolute Gasteiger partial charge is 0.0476 e. The molecular formula is C8H25N2O3P. The van der Waals surface area contributed by atoms with Gasteiger partial charge in [0.1, 0.15) is 0 Å². The van der Waals surface area contributed by atoms with E-state index in [-0.39, 0.29) is 12.3 Å². The lowest BCUT2D eigenvalue weighted by molar-refractivity contribution is -0.318. The van der Waals surface area contributed by atoms with Crippen LogP contribution in [0.1, 0.15) is 45.4 Å². The van der Waals surface area contributed by atoms with Crippen LogP contribution in [0.2, 0.25) is 0 Å². The monoisotopic (exact) mass is 228 g/mol. The first-order chi connectivity index (χ1) is 5.77. The molecule has 0 aromatic heterocycles. The molecule has 0 unspecified atom stereocenters. The van der Waals surface area contributed by atoms with Gasteiger partial charge in [-0.2, -0.15) is 8.60 Å². The molecule has 0 saturated carbocycles. The van der Waals surface area contributed by atoms with Crippen molar-refractivity contribution in [3.8, 4) is 0 Å². The van der Waals surface area contributed by atoms with Crippen molar-refractivity contribution >= 4 is 8.60 Å². The molecule has 0 aromatic carbocycles. The molecule has 0 amide bonds. The van der Waals surface area contributed by atoms with Crippen LogP contribution in [0.5, 0.6) is 0 Å². The third-order valence-corrected chi connectivity index (χ3v) is 2.09. The molecule has 0 spiro atoms. The Labute approximate surface area is 88.0 Å². The lowest BCUT2D eigenvalue weighted by atomic mass is 10.1. The van der Waals surface area contributed by atoms with Gasteiger partial charge in [-0.25, -0.2) is 0 Å². The van der Waals surface area contributed by atoms with E-state index in [4.69, 9.17) is 0 Å². The van der Waals surface area contributed by atoms with Crippen molar-refractivity contribution < 1.29 is 14.3 Å². The molecule has 0 aromatic rings. The molecule has 0 aliphatic heterocycles. The first-order valence-electron chi connectivity index (χ1n) is 4.54. The summed E-state index contributed by atoms with van der Waals surface area (Å²) >= 11 is 0. The largest absolute Gasteiger partial charge is 0.820 e. The van der Waals surface area contributed by atoms with Crippen LogP contribution in [0.25, 0.3) is 0 Å². The molecule has 0 aliphatic rings. The molecule has 0 heterocycles. The highest BCUT2D eigenvalue weighted by Gasteiger charge is 1.88. The van der Waals surface area contributed by atoms with E-state index in [0.717, 1.165) is 12.8 Å². The van der Waals surface area contributed by atoms with Crippen LogP contribution in [0.3, 0.4) is 0 Å². The summed E-state index contributed by atoms with van der Waals surface area (Å²) in [5.41, 5.74) is 0. The van der Waals surface area contributed by atoms with Crippen molar-refractivity contribution in [2.75, 3.05) is 6.61 Å². The highest BCUT2D eigenvalue weighted by Crippen LogP contribution is 2.14. The number of quaternary nitrogens is 2. The minimum absolute atomic E-state index is 0. The van der Waals surface area contributed by atoms with Gasteiger partial charge >= 0.3 is 0 Å². The van der Waals surface area contributed by atoms with Gasteiger partial charge in [0.05, 0.1) is 0 Å². The Morgan fingerprint density at radius 3 is 1.93 bits per heavy atom. The van der Waals surface area contributed by atoms with Crippen LogP contribution in [0, 0.1) is 0 Å². The molecule has 14 heavy (non-hydrogen) atoms. The SMILES string of the molecule is CCCCCCCCOP([O-])[O-].[NH4+].[NH4+]. The summed E-state index contributed by atoms with van der Waals surface area (Å²) in [6, 6.07) is 0. The van der Waals surface area contributed by atoms with E-state index in [1.807, 2.05) is 0 Å².